The van der Waals surface area contributed by atoms with Gasteiger partial charge < -0.3 is 11.1 Å². The van der Waals surface area contributed by atoms with Crippen molar-refractivity contribution in [1.29, 1.82) is 0 Å². The number of nitrogen functional groups attached to an aromatic ring is 1. The van der Waals surface area contributed by atoms with Gasteiger partial charge in [-0.05, 0) is 49.2 Å². The Morgan fingerprint density at radius 2 is 1.95 bits per heavy atom. The molecule has 0 aliphatic carbocycles. The molecule has 2 aromatic rings. The van der Waals surface area contributed by atoms with Gasteiger partial charge in [0.25, 0.3) is 5.91 Å². The Balaban J connectivity index is 2.32. The molecule has 1 aromatic heterocycles. The number of pyridine rings is 1. The molecule has 0 aliphatic heterocycles. The van der Waals surface area contributed by atoms with Gasteiger partial charge in [0, 0.05) is 16.4 Å². The number of anilines is 2. The first-order valence-electron chi connectivity index (χ1n) is 5.77. The highest BCUT2D eigenvalue weighted by molar-refractivity contribution is 9.10. The molecule has 0 saturated carbocycles. The lowest BCUT2D eigenvalue weighted by molar-refractivity contribution is 0.102. The van der Waals surface area contributed by atoms with E-state index in [4.69, 9.17) is 5.73 Å². The molecule has 3 N–H and O–H groups in total. The lowest BCUT2D eigenvalue weighted by Crippen LogP contribution is -2.17. The molecule has 1 amide bonds. The minimum absolute atomic E-state index is 0.240. The van der Waals surface area contributed by atoms with E-state index in [1.165, 1.54) is 0 Å². The van der Waals surface area contributed by atoms with E-state index in [-0.39, 0.29) is 11.6 Å². The fourth-order valence-electron chi connectivity index (χ4n) is 1.89. The van der Waals surface area contributed by atoms with Crippen LogP contribution in [-0.2, 0) is 0 Å². The van der Waals surface area contributed by atoms with E-state index in [2.05, 4.69) is 26.2 Å². The molecule has 0 atom stereocenters. The van der Waals surface area contributed by atoms with Crippen LogP contribution in [0, 0.1) is 13.8 Å². The van der Waals surface area contributed by atoms with Crippen LogP contribution >= 0.6 is 15.9 Å². The van der Waals surface area contributed by atoms with Crippen molar-refractivity contribution in [3.05, 3.63) is 51.8 Å². The number of carbonyl (C=O) groups is 1. The molecule has 0 bridgehead atoms. The van der Waals surface area contributed by atoms with Crippen LogP contribution in [0.1, 0.15) is 21.6 Å². The second-order valence-corrected chi connectivity index (χ2v) is 5.23. The van der Waals surface area contributed by atoms with Gasteiger partial charge in [-0.1, -0.05) is 15.9 Å². The first-order valence-corrected chi connectivity index (χ1v) is 6.57. The molecule has 0 aliphatic rings. The fourth-order valence-corrected chi connectivity index (χ4v) is 2.57. The summed E-state index contributed by atoms with van der Waals surface area (Å²) in [6, 6.07) is 7.25. The molecule has 5 heteroatoms. The zero-order valence-corrected chi connectivity index (χ0v) is 12.3. The number of rotatable bonds is 2. The van der Waals surface area contributed by atoms with Crippen LogP contribution in [0.4, 0.5) is 11.4 Å². The Bertz CT molecular complexity index is 617. The lowest BCUT2D eigenvalue weighted by atomic mass is 10.1. The number of halogens is 1. The molecule has 0 radical (unpaired) electrons. The maximum atomic E-state index is 12.2. The average Bonchev–Trinajstić information content (AvgIpc) is 2.34. The molecule has 2 rings (SSSR count). The maximum absolute atomic E-state index is 12.2. The highest BCUT2D eigenvalue weighted by Crippen LogP contribution is 2.25. The van der Waals surface area contributed by atoms with E-state index >= 15 is 0 Å². The summed E-state index contributed by atoms with van der Waals surface area (Å²) in [5, 5.41) is 2.86. The van der Waals surface area contributed by atoms with Gasteiger partial charge in [0.2, 0.25) is 0 Å². The molecule has 4 nitrogen and oxygen atoms in total. The van der Waals surface area contributed by atoms with E-state index in [0.29, 0.717) is 5.69 Å². The van der Waals surface area contributed by atoms with Crippen molar-refractivity contribution < 1.29 is 4.79 Å². The number of nitrogens with zero attached hydrogens (tertiary/aromatic N) is 1. The standard InChI is InChI=1S/C14H14BrN3O/c1-8-6-10(15)7-9(2)12(8)18-14(19)13-11(16)4-3-5-17-13/h3-7H,16H2,1-2H3,(H,18,19). The molecular formula is C14H14BrN3O. The molecule has 0 fully saturated rings. The monoisotopic (exact) mass is 319 g/mol. The van der Waals surface area contributed by atoms with Gasteiger partial charge in [-0.25, -0.2) is 4.98 Å². The molecule has 0 saturated heterocycles. The predicted molar refractivity (Wildman–Crippen MR) is 80.2 cm³/mol. The fraction of sp³-hybridized carbons (Fsp3) is 0.143. The summed E-state index contributed by atoms with van der Waals surface area (Å²) in [4.78, 5) is 16.2. The Labute approximate surface area is 120 Å². The Hall–Kier alpha value is -1.88. The van der Waals surface area contributed by atoms with E-state index in [1.807, 2.05) is 26.0 Å². The van der Waals surface area contributed by atoms with Crippen molar-refractivity contribution in [3.63, 3.8) is 0 Å². The lowest BCUT2D eigenvalue weighted by Gasteiger charge is -2.12. The summed E-state index contributed by atoms with van der Waals surface area (Å²) in [7, 11) is 0. The Morgan fingerprint density at radius 3 is 2.53 bits per heavy atom. The summed E-state index contributed by atoms with van der Waals surface area (Å²) in [5.74, 6) is -0.299. The zero-order chi connectivity index (χ0) is 14.0. The first-order chi connectivity index (χ1) is 8.99. The molecular weight excluding hydrogens is 306 g/mol. The number of amides is 1. The average molecular weight is 320 g/mol. The number of aryl methyl sites for hydroxylation is 2. The number of carbonyl (C=O) groups excluding carboxylic acids is 1. The van der Waals surface area contributed by atoms with E-state index in [1.54, 1.807) is 18.3 Å². The van der Waals surface area contributed by atoms with Crippen molar-refractivity contribution in [3.8, 4) is 0 Å². The van der Waals surface area contributed by atoms with E-state index in [0.717, 1.165) is 21.3 Å². The molecule has 1 aromatic carbocycles. The Morgan fingerprint density at radius 1 is 1.32 bits per heavy atom. The van der Waals surface area contributed by atoms with Gasteiger partial charge in [0.1, 0.15) is 0 Å². The highest BCUT2D eigenvalue weighted by atomic mass is 79.9. The molecule has 0 unspecified atom stereocenters. The number of hydrogen-bond donors (Lipinski definition) is 2. The molecule has 98 valence electrons. The SMILES string of the molecule is Cc1cc(Br)cc(C)c1NC(=O)c1ncccc1N. The van der Waals surface area contributed by atoms with Crippen LogP contribution in [0.3, 0.4) is 0 Å². The van der Waals surface area contributed by atoms with Crippen LogP contribution in [0.25, 0.3) is 0 Å². The van der Waals surface area contributed by atoms with Crippen molar-refractivity contribution in [2.24, 2.45) is 0 Å². The van der Waals surface area contributed by atoms with Crippen LogP contribution in [0.15, 0.2) is 34.9 Å². The van der Waals surface area contributed by atoms with Gasteiger partial charge in [0.05, 0.1) is 5.69 Å². The smallest absolute Gasteiger partial charge is 0.276 e. The third-order valence-electron chi connectivity index (χ3n) is 2.79. The van der Waals surface area contributed by atoms with Crippen molar-refractivity contribution in [2.45, 2.75) is 13.8 Å². The van der Waals surface area contributed by atoms with E-state index < -0.39 is 0 Å². The number of benzene rings is 1. The number of nitrogens with one attached hydrogen (secondary N) is 1. The van der Waals surface area contributed by atoms with Crippen LogP contribution < -0.4 is 11.1 Å². The Kier molecular flexibility index (Phi) is 3.85. The van der Waals surface area contributed by atoms with Crippen molar-refractivity contribution >= 4 is 33.2 Å². The second-order valence-electron chi connectivity index (χ2n) is 4.31. The third-order valence-corrected chi connectivity index (χ3v) is 3.25. The minimum atomic E-state index is -0.299. The number of hydrogen-bond acceptors (Lipinski definition) is 3. The van der Waals surface area contributed by atoms with Crippen LogP contribution in [0.2, 0.25) is 0 Å². The van der Waals surface area contributed by atoms with Gasteiger partial charge in [0.15, 0.2) is 5.69 Å². The summed E-state index contributed by atoms with van der Waals surface area (Å²) < 4.78 is 0.984. The van der Waals surface area contributed by atoms with Crippen LogP contribution in [-0.4, -0.2) is 10.9 Å². The topological polar surface area (TPSA) is 68.0 Å². The van der Waals surface area contributed by atoms with Crippen molar-refractivity contribution in [1.82, 2.24) is 4.98 Å². The summed E-state index contributed by atoms with van der Waals surface area (Å²) >= 11 is 3.42. The number of nitrogens with two attached hydrogens (primary N) is 1. The zero-order valence-electron chi connectivity index (χ0n) is 10.7. The second kappa shape index (κ2) is 5.40. The quantitative estimate of drug-likeness (QED) is 0.892. The van der Waals surface area contributed by atoms with Gasteiger partial charge in [-0.15, -0.1) is 0 Å². The van der Waals surface area contributed by atoms with Gasteiger partial charge in [-0.2, -0.15) is 0 Å². The number of aromatic nitrogens is 1. The predicted octanol–water partition coefficient (Wildman–Crippen LogP) is 3.30. The normalized spacial score (nSPS) is 10.3. The summed E-state index contributed by atoms with van der Waals surface area (Å²) in [6.07, 6.45) is 1.55. The largest absolute Gasteiger partial charge is 0.397 e. The molecule has 1 heterocycles. The highest BCUT2D eigenvalue weighted by Gasteiger charge is 2.13. The molecule has 19 heavy (non-hydrogen) atoms. The van der Waals surface area contributed by atoms with Gasteiger partial charge in [-0.3, -0.25) is 4.79 Å². The van der Waals surface area contributed by atoms with E-state index in [9.17, 15) is 4.79 Å². The van der Waals surface area contributed by atoms with Crippen molar-refractivity contribution in [2.75, 3.05) is 11.1 Å². The maximum Gasteiger partial charge on any atom is 0.276 e. The van der Waals surface area contributed by atoms with Crippen LogP contribution in [0.5, 0.6) is 0 Å². The minimum Gasteiger partial charge on any atom is -0.397 e. The third kappa shape index (κ3) is 2.93. The van der Waals surface area contributed by atoms with Gasteiger partial charge >= 0.3 is 0 Å². The first kappa shape index (κ1) is 13.5. The summed E-state index contributed by atoms with van der Waals surface area (Å²) in [6.45, 7) is 3.88. The summed E-state index contributed by atoms with van der Waals surface area (Å²) in [5.41, 5.74) is 9.11. The molecule has 0 spiro atoms.